The maximum atomic E-state index is 13.1. The summed E-state index contributed by atoms with van der Waals surface area (Å²) in [6.07, 6.45) is 0.928. The Kier molecular flexibility index (Phi) is 5.02. The largest absolute Gasteiger partial charge is 0.306 e. The predicted octanol–water partition coefficient (Wildman–Crippen LogP) is 2.82. The van der Waals surface area contributed by atoms with Gasteiger partial charge < -0.3 is 4.90 Å². The van der Waals surface area contributed by atoms with E-state index in [9.17, 15) is 13.2 Å². The predicted molar refractivity (Wildman–Crippen MR) is 111 cm³/mol. The number of anilines is 1. The van der Waals surface area contributed by atoms with Gasteiger partial charge in [0.05, 0.1) is 24.1 Å². The average Bonchev–Trinajstić information content (AvgIpc) is 3.02. The maximum absolute atomic E-state index is 13.1. The zero-order valence-electron chi connectivity index (χ0n) is 16.3. The van der Waals surface area contributed by atoms with Crippen LogP contribution in [0.1, 0.15) is 31.0 Å². The molecule has 2 aromatic rings. The van der Waals surface area contributed by atoms with Gasteiger partial charge in [-0.3, -0.25) is 9.69 Å². The zero-order chi connectivity index (χ0) is 19.9. The molecule has 0 N–H and O–H groups in total. The van der Waals surface area contributed by atoms with E-state index in [1.54, 1.807) is 4.90 Å². The van der Waals surface area contributed by atoms with E-state index in [1.807, 2.05) is 54.6 Å². The number of fused-ring (bicyclic) bond motifs is 1. The second-order valence-corrected chi connectivity index (χ2v) is 9.91. The highest BCUT2D eigenvalue weighted by Crippen LogP contribution is 2.36. The lowest BCUT2D eigenvalue weighted by Crippen LogP contribution is -2.62. The first-order valence-corrected chi connectivity index (χ1v) is 11.6. The van der Waals surface area contributed by atoms with Crippen LogP contribution in [0, 0.1) is 0 Å². The fourth-order valence-corrected chi connectivity index (χ4v) is 6.44. The summed E-state index contributed by atoms with van der Waals surface area (Å²) in [4.78, 5) is 16.9. The van der Waals surface area contributed by atoms with Crippen molar-refractivity contribution in [3.8, 4) is 0 Å². The Balaban J connectivity index is 1.69. The molecule has 4 rings (SSSR count). The van der Waals surface area contributed by atoms with Crippen LogP contribution in [0.2, 0.25) is 0 Å². The average molecular weight is 399 g/mol. The molecule has 2 saturated heterocycles. The first-order chi connectivity index (χ1) is 13.4. The molecule has 2 aromatic carbocycles. The van der Waals surface area contributed by atoms with E-state index in [0.29, 0.717) is 0 Å². The molecule has 148 valence electrons. The zero-order valence-corrected chi connectivity index (χ0v) is 17.1. The molecule has 2 fully saturated rings. The molecule has 0 aromatic heterocycles. The van der Waals surface area contributed by atoms with Crippen LogP contribution >= 0.6 is 0 Å². The van der Waals surface area contributed by atoms with Gasteiger partial charge in [-0.15, -0.1) is 0 Å². The number of benzene rings is 2. The maximum Gasteiger partial charge on any atom is 0.241 e. The Bertz CT molecular complexity index is 957. The number of aryl methyl sites for hydroxylation is 1. The summed E-state index contributed by atoms with van der Waals surface area (Å²) in [6, 6.07) is 17.3. The molecule has 0 spiro atoms. The number of carbonyl (C=O) groups is 1. The standard InChI is InChI=1S/C22H26N2O3S/c1-3-17-9-11-19(12-10-17)24-21-15-28(26,27)14-20(21)23(13-22(24)25)16(2)18-7-5-4-6-8-18/h4-12,16,20-21H,3,13-15H2,1-2H3/t16-,20+,21-/m1/s1. The molecule has 0 saturated carbocycles. The highest BCUT2D eigenvalue weighted by atomic mass is 32.2. The molecule has 6 heteroatoms. The third-order valence-electron chi connectivity index (χ3n) is 6.04. The Morgan fingerprint density at radius 3 is 2.29 bits per heavy atom. The highest BCUT2D eigenvalue weighted by Gasteiger charge is 2.50. The Morgan fingerprint density at radius 1 is 1.00 bits per heavy atom. The van der Waals surface area contributed by atoms with E-state index in [-0.39, 0.29) is 42.1 Å². The summed E-state index contributed by atoms with van der Waals surface area (Å²) in [6.45, 7) is 4.36. The molecule has 2 aliphatic heterocycles. The van der Waals surface area contributed by atoms with Crippen molar-refractivity contribution in [3.05, 3.63) is 65.7 Å². The molecular weight excluding hydrogens is 372 g/mol. The van der Waals surface area contributed by atoms with E-state index in [1.165, 1.54) is 5.56 Å². The summed E-state index contributed by atoms with van der Waals surface area (Å²) < 4.78 is 25.0. The van der Waals surface area contributed by atoms with Gasteiger partial charge in [-0.2, -0.15) is 0 Å². The number of nitrogens with zero attached hydrogens (tertiary/aromatic N) is 2. The lowest BCUT2D eigenvalue weighted by atomic mass is 9.97. The molecule has 0 radical (unpaired) electrons. The molecule has 3 atom stereocenters. The van der Waals surface area contributed by atoms with E-state index >= 15 is 0 Å². The van der Waals surface area contributed by atoms with Gasteiger partial charge in [-0.25, -0.2) is 8.42 Å². The van der Waals surface area contributed by atoms with E-state index in [2.05, 4.69) is 18.7 Å². The van der Waals surface area contributed by atoms with Crippen molar-refractivity contribution in [1.82, 2.24) is 4.90 Å². The van der Waals surface area contributed by atoms with Gasteiger partial charge in [0.25, 0.3) is 0 Å². The van der Waals surface area contributed by atoms with Crippen LogP contribution < -0.4 is 4.90 Å². The third-order valence-corrected chi connectivity index (χ3v) is 7.74. The number of hydrogen-bond donors (Lipinski definition) is 0. The van der Waals surface area contributed by atoms with E-state index in [0.717, 1.165) is 17.7 Å². The van der Waals surface area contributed by atoms with Crippen LogP contribution in [0.3, 0.4) is 0 Å². The van der Waals surface area contributed by atoms with E-state index in [4.69, 9.17) is 0 Å². The number of carbonyl (C=O) groups excluding carboxylic acids is 1. The first kappa shape index (κ1) is 19.2. The fraction of sp³-hybridized carbons (Fsp3) is 0.409. The molecule has 1 amide bonds. The molecule has 5 nitrogen and oxygen atoms in total. The minimum Gasteiger partial charge on any atom is -0.306 e. The van der Waals surface area contributed by atoms with E-state index < -0.39 is 9.84 Å². The van der Waals surface area contributed by atoms with Gasteiger partial charge >= 0.3 is 0 Å². The quantitative estimate of drug-likeness (QED) is 0.795. The van der Waals surface area contributed by atoms with Crippen LogP contribution in [-0.2, 0) is 21.1 Å². The van der Waals surface area contributed by atoms with Gasteiger partial charge in [-0.1, -0.05) is 49.4 Å². The Hall–Kier alpha value is -2.18. The summed E-state index contributed by atoms with van der Waals surface area (Å²) in [7, 11) is -3.19. The molecule has 0 bridgehead atoms. The van der Waals surface area contributed by atoms with Crippen LogP contribution in [0.4, 0.5) is 5.69 Å². The summed E-state index contributed by atoms with van der Waals surface area (Å²) in [5, 5.41) is 0. The van der Waals surface area contributed by atoms with Gasteiger partial charge in [0.1, 0.15) is 0 Å². The molecule has 2 heterocycles. The van der Waals surface area contributed by atoms with Crippen molar-refractivity contribution in [2.75, 3.05) is 23.0 Å². The number of piperazine rings is 1. The van der Waals surface area contributed by atoms with Crippen molar-refractivity contribution in [3.63, 3.8) is 0 Å². The normalized spacial score (nSPS) is 25.5. The fourth-order valence-electron chi connectivity index (χ4n) is 4.48. The molecule has 2 aliphatic rings. The second-order valence-electron chi connectivity index (χ2n) is 7.75. The minimum atomic E-state index is -3.19. The monoisotopic (exact) mass is 398 g/mol. The van der Waals surface area contributed by atoms with Gasteiger partial charge in [-0.05, 0) is 36.6 Å². The lowest BCUT2D eigenvalue weighted by Gasteiger charge is -2.46. The summed E-state index contributed by atoms with van der Waals surface area (Å²) in [5.74, 6) is 0.0909. The van der Waals surface area contributed by atoms with Crippen molar-refractivity contribution in [2.45, 2.75) is 38.4 Å². The Labute approximate surface area is 166 Å². The molecule has 0 aliphatic carbocycles. The van der Waals surface area contributed by atoms with Crippen molar-refractivity contribution < 1.29 is 13.2 Å². The number of amides is 1. The third kappa shape index (κ3) is 3.47. The lowest BCUT2D eigenvalue weighted by molar-refractivity contribution is -0.124. The number of hydrogen-bond acceptors (Lipinski definition) is 4. The molecular formula is C22H26N2O3S. The minimum absolute atomic E-state index is 0.0180. The SMILES string of the molecule is CCc1ccc(N2C(=O)CN([C@H](C)c3ccccc3)[C@H]3CS(=O)(=O)C[C@H]32)cc1. The van der Waals surface area contributed by atoms with Crippen LogP contribution in [-0.4, -0.2) is 49.4 Å². The summed E-state index contributed by atoms with van der Waals surface area (Å²) in [5.41, 5.74) is 3.09. The van der Waals surface area contributed by atoms with Crippen LogP contribution in [0.5, 0.6) is 0 Å². The summed E-state index contributed by atoms with van der Waals surface area (Å²) >= 11 is 0. The van der Waals surface area contributed by atoms with Crippen LogP contribution in [0.25, 0.3) is 0 Å². The Morgan fingerprint density at radius 2 is 1.64 bits per heavy atom. The van der Waals surface area contributed by atoms with Gasteiger partial charge in [0, 0.05) is 17.8 Å². The number of sulfone groups is 1. The first-order valence-electron chi connectivity index (χ1n) is 9.81. The molecule has 28 heavy (non-hydrogen) atoms. The number of rotatable bonds is 4. The van der Waals surface area contributed by atoms with Crippen LogP contribution in [0.15, 0.2) is 54.6 Å². The van der Waals surface area contributed by atoms with Gasteiger partial charge in [0.15, 0.2) is 9.84 Å². The van der Waals surface area contributed by atoms with Gasteiger partial charge in [0.2, 0.25) is 5.91 Å². The second kappa shape index (κ2) is 7.33. The highest BCUT2D eigenvalue weighted by molar-refractivity contribution is 7.91. The topological polar surface area (TPSA) is 57.7 Å². The smallest absolute Gasteiger partial charge is 0.241 e. The van der Waals surface area contributed by atoms with Crippen molar-refractivity contribution in [2.24, 2.45) is 0 Å². The molecule has 0 unspecified atom stereocenters. The van der Waals surface area contributed by atoms with Crippen molar-refractivity contribution in [1.29, 1.82) is 0 Å². The van der Waals surface area contributed by atoms with Crippen molar-refractivity contribution >= 4 is 21.4 Å².